The first-order valence-electron chi connectivity index (χ1n) is 7.48. The third-order valence-corrected chi connectivity index (χ3v) is 2.67. The molecule has 0 fully saturated rings. The second-order valence-electron chi connectivity index (χ2n) is 4.40. The Kier molecular flexibility index (Phi) is 19.2. The van der Waals surface area contributed by atoms with Crippen LogP contribution in [0.15, 0.2) is 0 Å². The highest BCUT2D eigenvalue weighted by atomic mass is 16.5. The minimum Gasteiger partial charge on any atom is -0.377 e. The summed E-state index contributed by atoms with van der Waals surface area (Å²) < 4.78 is 10.3. The molecule has 10 nitrogen and oxygen atoms in total. The first-order chi connectivity index (χ1) is 11.7. The molecule has 0 radical (unpaired) electrons. The summed E-state index contributed by atoms with van der Waals surface area (Å²) in [5.41, 5.74) is 5.40. The lowest BCUT2D eigenvalue weighted by Crippen LogP contribution is -2.47. The average Bonchev–Trinajstić information content (AvgIpc) is 2.61. The lowest BCUT2D eigenvalue weighted by molar-refractivity contribution is -0.131. The number of nitrogens with two attached hydrogens (primary N) is 1. The van der Waals surface area contributed by atoms with Crippen molar-refractivity contribution in [1.29, 1.82) is 0 Å². The van der Waals surface area contributed by atoms with Crippen LogP contribution in [0.2, 0.25) is 0 Å². The Morgan fingerprint density at radius 3 is 2.46 bits per heavy atom. The summed E-state index contributed by atoms with van der Waals surface area (Å²) in [5, 5.41) is 7.55. The number of amides is 3. The molecule has 0 bridgehead atoms. The van der Waals surface area contributed by atoms with E-state index in [2.05, 4.69) is 16.0 Å². The van der Waals surface area contributed by atoms with Crippen molar-refractivity contribution in [2.24, 2.45) is 5.73 Å². The topological polar surface area (TPSA) is 149 Å². The summed E-state index contributed by atoms with van der Waals surface area (Å²) in [6.07, 6.45) is 1.72. The van der Waals surface area contributed by atoms with Gasteiger partial charge in [-0.05, 0) is 19.4 Å². The number of hydrogen-bond acceptors (Lipinski definition) is 7. The SMILES string of the molecule is C=O.CNC(=O)C(CCCN)NC(=O)COCCOCCNC=O. The molecule has 0 aliphatic rings. The number of likely N-dealkylation sites (N-methyl/N-ethyl adjacent to an activating group) is 1. The van der Waals surface area contributed by atoms with Crippen LogP contribution in [0.5, 0.6) is 0 Å². The zero-order chi connectivity index (χ0) is 18.6. The van der Waals surface area contributed by atoms with Crippen LogP contribution in [0.4, 0.5) is 0 Å². The fraction of sp³-hybridized carbons (Fsp3) is 0.714. The Bertz CT molecular complexity index is 343. The molecule has 1 unspecified atom stereocenters. The van der Waals surface area contributed by atoms with Gasteiger partial charge < -0.3 is 36.0 Å². The second-order valence-corrected chi connectivity index (χ2v) is 4.40. The van der Waals surface area contributed by atoms with Gasteiger partial charge in [-0.25, -0.2) is 0 Å². The molecule has 0 aromatic heterocycles. The van der Waals surface area contributed by atoms with E-state index in [1.54, 1.807) is 0 Å². The third-order valence-electron chi connectivity index (χ3n) is 2.67. The lowest BCUT2D eigenvalue weighted by Gasteiger charge is -2.17. The molecule has 5 N–H and O–H groups in total. The third kappa shape index (κ3) is 14.9. The van der Waals surface area contributed by atoms with Gasteiger partial charge >= 0.3 is 0 Å². The molecule has 0 spiro atoms. The summed E-state index contributed by atoms with van der Waals surface area (Å²) in [7, 11) is 1.51. The van der Waals surface area contributed by atoms with Crippen molar-refractivity contribution in [3.8, 4) is 0 Å². The van der Waals surface area contributed by atoms with Crippen molar-refractivity contribution in [2.75, 3.05) is 46.6 Å². The first kappa shape index (κ1) is 24.2. The normalized spacial score (nSPS) is 10.8. The second kappa shape index (κ2) is 19.0. The maximum atomic E-state index is 11.7. The maximum absolute atomic E-state index is 11.7. The first-order valence-corrected chi connectivity index (χ1v) is 7.48. The van der Waals surface area contributed by atoms with Gasteiger partial charge in [0, 0.05) is 13.6 Å². The van der Waals surface area contributed by atoms with E-state index in [1.165, 1.54) is 7.05 Å². The molecule has 0 rings (SSSR count). The van der Waals surface area contributed by atoms with Crippen LogP contribution in [0.3, 0.4) is 0 Å². The lowest BCUT2D eigenvalue weighted by atomic mass is 10.1. The van der Waals surface area contributed by atoms with Gasteiger partial charge in [0.15, 0.2) is 0 Å². The van der Waals surface area contributed by atoms with Crippen LogP contribution in [0.25, 0.3) is 0 Å². The van der Waals surface area contributed by atoms with Crippen LogP contribution in [-0.2, 0) is 28.7 Å². The van der Waals surface area contributed by atoms with E-state index in [9.17, 15) is 14.4 Å². The van der Waals surface area contributed by atoms with E-state index < -0.39 is 6.04 Å². The zero-order valence-corrected chi connectivity index (χ0v) is 14.0. The Morgan fingerprint density at radius 2 is 1.88 bits per heavy atom. The van der Waals surface area contributed by atoms with E-state index in [1.807, 2.05) is 6.79 Å². The Balaban J connectivity index is 0. The van der Waals surface area contributed by atoms with Crippen molar-refractivity contribution in [2.45, 2.75) is 18.9 Å². The average molecular weight is 348 g/mol. The monoisotopic (exact) mass is 348 g/mol. The molecule has 0 aromatic rings. The van der Waals surface area contributed by atoms with Gasteiger partial charge in [-0.2, -0.15) is 0 Å². The van der Waals surface area contributed by atoms with Crippen LogP contribution in [0.1, 0.15) is 12.8 Å². The number of rotatable bonds is 14. The number of carbonyl (C=O) groups is 4. The van der Waals surface area contributed by atoms with Crippen molar-refractivity contribution in [3.05, 3.63) is 0 Å². The van der Waals surface area contributed by atoms with Crippen molar-refractivity contribution >= 4 is 25.0 Å². The van der Waals surface area contributed by atoms with Gasteiger partial charge in [0.2, 0.25) is 18.2 Å². The molecule has 0 heterocycles. The van der Waals surface area contributed by atoms with E-state index in [4.69, 9.17) is 20.0 Å². The van der Waals surface area contributed by atoms with E-state index in [0.717, 1.165) is 0 Å². The van der Waals surface area contributed by atoms with Crippen molar-refractivity contribution in [1.82, 2.24) is 16.0 Å². The van der Waals surface area contributed by atoms with E-state index in [0.29, 0.717) is 45.6 Å². The predicted molar refractivity (Wildman–Crippen MR) is 87.1 cm³/mol. The van der Waals surface area contributed by atoms with Gasteiger partial charge in [0.1, 0.15) is 19.4 Å². The molecule has 0 saturated heterocycles. The van der Waals surface area contributed by atoms with Crippen LogP contribution >= 0.6 is 0 Å². The predicted octanol–water partition coefficient (Wildman–Crippen LogP) is -2.45. The number of ether oxygens (including phenoxy) is 2. The number of nitrogens with one attached hydrogen (secondary N) is 3. The number of hydrogen-bond donors (Lipinski definition) is 4. The minimum atomic E-state index is -0.602. The van der Waals surface area contributed by atoms with E-state index >= 15 is 0 Å². The van der Waals surface area contributed by atoms with E-state index in [-0.39, 0.29) is 25.0 Å². The summed E-state index contributed by atoms with van der Waals surface area (Å²) in [5.74, 6) is -0.624. The van der Waals surface area contributed by atoms with Gasteiger partial charge in [0.25, 0.3) is 0 Å². The fourth-order valence-corrected chi connectivity index (χ4v) is 1.58. The van der Waals surface area contributed by atoms with Crippen LogP contribution < -0.4 is 21.7 Å². The molecule has 10 heteroatoms. The summed E-state index contributed by atoms with van der Waals surface area (Å²) in [6.45, 7) is 3.69. The highest BCUT2D eigenvalue weighted by Gasteiger charge is 2.18. The van der Waals surface area contributed by atoms with Gasteiger partial charge in [-0.1, -0.05) is 0 Å². The standard InChI is InChI=1S/C13H26N4O5.CH2O/c1-15-13(20)11(3-2-4-14)17-12(19)9-22-8-7-21-6-5-16-10-18;1-2/h10-11H,2-9,14H2,1H3,(H,15,20)(H,16,18)(H,17,19);1H2. The largest absolute Gasteiger partial charge is 0.377 e. The molecule has 0 saturated carbocycles. The van der Waals surface area contributed by atoms with Gasteiger partial charge in [-0.15, -0.1) is 0 Å². The highest BCUT2D eigenvalue weighted by Crippen LogP contribution is 1.96. The molecular formula is C14H28N4O6. The Morgan fingerprint density at radius 1 is 1.21 bits per heavy atom. The Labute approximate surface area is 141 Å². The van der Waals surface area contributed by atoms with Crippen LogP contribution in [-0.4, -0.2) is 77.6 Å². The van der Waals surface area contributed by atoms with Gasteiger partial charge in [0.05, 0.1) is 19.8 Å². The zero-order valence-electron chi connectivity index (χ0n) is 14.0. The molecule has 0 aromatic carbocycles. The smallest absolute Gasteiger partial charge is 0.246 e. The van der Waals surface area contributed by atoms with Crippen molar-refractivity contribution < 1.29 is 28.7 Å². The maximum Gasteiger partial charge on any atom is 0.246 e. The fourth-order valence-electron chi connectivity index (χ4n) is 1.58. The van der Waals surface area contributed by atoms with Crippen LogP contribution in [0, 0.1) is 0 Å². The minimum absolute atomic E-state index is 0.147. The highest BCUT2D eigenvalue weighted by molar-refractivity contribution is 5.87. The molecule has 24 heavy (non-hydrogen) atoms. The van der Waals surface area contributed by atoms with Crippen molar-refractivity contribution in [3.63, 3.8) is 0 Å². The molecule has 0 aliphatic heterocycles. The molecular weight excluding hydrogens is 320 g/mol. The summed E-state index contributed by atoms with van der Waals surface area (Å²) in [6, 6.07) is -0.602. The molecule has 0 aliphatic carbocycles. The summed E-state index contributed by atoms with van der Waals surface area (Å²) >= 11 is 0. The number of carbonyl (C=O) groups excluding carboxylic acids is 4. The summed E-state index contributed by atoms with van der Waals surface area (Å²) in [4.78, 5) is 41.2. The quantitative estimate of drug-likeness (QED) is 0.201. The Hall–Kier alpha value is -2.04. The molecule has 1 atom stereocenters. The molecule has 140 valence electrons. The van der Waals surface area contributed by atoms with Gasteiger partial charge in [-0.3, -0.25) is 14.4 Å². The molecule has 3 amide bonds.